The highest BCUT2D eigenvalue weighted by Gasteiger charge is 2.42. The van der Waals surface area contributed by atoms with Crippen LogP contribution in [0, 0.1) is 0 Å². The van der Waals surface area contributed by atoms with Gasteiger partial charge in [-0.3, -0.25) is 0 Å². The van der Waals surface area contributed by atoms with Crippen LogP contribution >= 0.6 is 11.6 Å². The van der Waals surface area contributed by atoms with Gasteiger partial charge < -0.3 is 20.3 Å². The van der Waals surface area contributed by atoms with Crippen molar-refractivity contribution in [2.45, 2.75) is 31.2 Å². The largest absolute Gasteiger partial charge is 0.417 e. The van der Waals surface area contributed by atoms with Gasteiger partial charge in [-0.1, -0.05) is 11.6 Å². The van der Waals surface area contributed by atoms with Crippen LogP contribution in [0.4, 0.5) is 30.2 Å². The lowest BCUT2D eigenvalue weighted by Gasteiger charge is -2.33. The van der Waals surface area contributed by atoms with E-state index in [-0.39, 0.29) is 5.02 Å². The number of hydrogen-bond acceptors (Lipinski definition) is 4. The number of fused-ring (bicyclic) bond motifs is 3. The quantitative estimate of drug-likeness (QED) is 0.720. The fourth-order valence-corrected chi connectivity index (χ4v) is 5.07. The summed E-state index contributed by atoms with van der Waals surface area (Å²) in [7, 11) is 0. The number of rotatable bonds is 2. The molecule has 5 rings (SSSR count). The first kappa shape index (κ1) is 19.0. The van der Waals surface area contributed by atoms with Gasteiger partial charge >= 0.3 is 6.18 Å². The number of ether oxygens (including phenoxy) is 1. The molecule has 0 aliphatic carbocycles. The average molecular weight is 424 g/mol. The Kier molecular flexibility index (Phi) is 4.64. The Balaban J connectivity index is 1.53. The predicted octanol–water partition coefficient (Wildman–Crippen LogP) is 4.90. The number of piperidine rings is 1. The Labute approximate surface area is 172 Å². The van der Waals surface area contributed by atoms with Crippen LogP contribution in [0.2, 0.25) is 5.02 Å². The zero-order chi connectivity index (χ0) is 20.2. The maximum absolute atomic E-state index is 13.2. The van der Waals surface area contributed by atoms with E-state index in [1.54, 1.807) is 6.07 Å². The molecule has 1 fully saturated rings. The Hall–Kier alpha value is -1.96. The van der Waals surface area contributed by atoms with Crippen LogP contribution in [0.3, 0.4) is 0 Å². The second-order valence-electron chi connectivity index (χ2n) is 7.80. The summed E-state index contributed by atoms with van der Waals surface area (Å²) in [5, 5.41) is 6.33. The van der Waals surface area contributed by atoms with Gasteiger partial charge in [0.2, 0.25) is 0 Å². The van der Waals surface area contributed by atoms with Crippen molar-refractivity contribution in [3.8, 4) is 0 Å². The third-order valence-corrected chi connectivity index (χ3v) is 6.38. The normalized spacial score (nSPS) is 23.4. The van der Waals surface area contributed by atoms with Gasteiger partial charge in [-0.25, -0.2) is 0 Å². The van der Waals surface area contributed by atoms with E-state index in [1.165, 1.54) is 17.3 Å². The third kappa shape index (κ3) is 3.35. The van der Waals surface area contributed by atoms with Crippen molar-refractivity contribution in [3.63, 3.8) is 0 Å². The van der Waals surface area contributed by atoms with Crippen LogP contribution < -0.4 is 15.5 Å². The van der Waals surface area contributed by atoms with E-state index < -0.39 is 11.7 Å². The van der Waals surface area contributed by atoms with E-state index in [1.807, 2.05) is 6.07 Å². The molecule has 0 bridgehead atoms. The molecule has 3 heterocycles. The molecule has 8 heteroatoms. The van der Waals surface area contributed by atoms with E-state index in [0.29, 0.717) is 30.9 Å². The van der Waals surface area contributed by atoms with E-state index in [4.69, 9.17) is 16.3 Å². The molecule has 0 unspecified atom stereocenters. The molecule has 3 aliphatic rings. The minimum absolute atomic E-state index is 0.302. The fraction of sp³-hybridized carbons (Fsp3) is 0.429. The second-order valence-corrected chi connectivity index (χ2v) is 8.21. The minimum Gasteiger partial charge on any atom is -0.375 e. The summed E-state index contributed by atoms with van der Waals surface area (Å²) >= 11 is 5.75. The standard InChI is InChI=1S/C21H21ClF3N3O/c22-18-2-1-13(9-17(18)21(23,24)25)27-14-7-12-11-29-6-5-28-19-3-4-26-10-16(19)15(8-14)20(12)28/h1-2,7-9,16,19,26-27H,3-6,10-11H2/t16-,19-/m0/s1. The average Bonchev–Trinajstić information content (AvgIpc) is 2.84. The molecule has 2 aromatic rings. The second kappa shape index (κ2) is 7.07. The molecular weight excluding hydrogens is 403 g/mol. The number of nitrogens with zero attached hydrogens (tertiary/aromatic N) is 1. The molecular formula is C21H21ClF3N3O. The smallest absolute Gasteiger partial charge is 0.375 e. The van der Waals surface area contributed by atoms with Crippen LogP contribution in [0.25, 0.3) is 0 Å². The zero-order valence-electron chi connectivity index (χ0n) is 15.7. The Morgan fingerprint density at radius 2 is 2.03 bits per heavy atom. The summed E-state index contributed by atoms with van der Waals surface area (Å²) < 4.78 is 45.4. The van der Waals surface area contributed by atoms with Gasteiger partial charge in [0.05, 0.1) is 23.8 Å². The van der Waals surface area contributed by atoms with Crippen LogP contribution in [-0.4, -0.2) is 32.3 Å². The van der Waals surface area contributed by atoms with Crippen LogP contribution in [0.15, 0.2) is 30.3 Å². The van der Waals surface area contributed by atoms with E-state index in [9.17, 15) is 13.2 Å². The van der Waals surface area contributed by atoms with Crippen molar-refractivity contribution in [3.05, 3.63) is 52.0 Å². The molecule has 0 radical (unpaired) electrons. The molecule has 0 saturated carbocycles. The van der Waals surface area contributed by atoms with Crippen molar-refractivity contribution in [2.75, 3.05) is 36.5 Å². The van der Waals surface area contributed by atoms with Crippen LogP contribution in [0.1, 0.15) is 29.0 Å². The van der Waals surface area contributed by atoms with Crippen LogP contribution in [0.5, 0.6) is 0 Å². The first-order valence-electron chi connectivity index (χ1n) is 9.77. The van der Waals surface area contributed by atoms with Gasteiger partial charge in [0.1, 0.15) is 0 Å². The summed E-state index contributed by atoms with van der Waals surface area (Å²) in [6, 6.07) is 8.42. The van der Waals surface area contributed by atoms with Gasteiger partial charge in [-0.2, -0.15) is 13.2 Å². The first-order valence-corrected chi connectivity index (χ1v) is 10.2. The highest BCUT2D eigenvalue weighted by atomic mass is 35.5. The van der Waals surface area contributed by atoms with Crippen LogP contribution in [-0.2, 0) is 17.5 Å². The third-order valence-electron chi connectivity index (χ3n) is 6.05. The lowest BCUT2D eigenvalue weighted by Crippen LogP contribution is -2.44. The van der Waals surface area contributed by atoms with Crippen molar-refractivity contribution >= 4 is 28.7 Å². The minimum atomic E-state index is -4.49. The fourth-order valence-electron chi connectivity index (χ4n) is 4.84. The first-order chi connectivity index (χ1) is 13.9. The van der Waals surface area contributed by atoms with Crippen molar-refractivity contribution < 1.29 is 17.9 Å². The van der Waals surface area contributed by atoms with Crippen molar-refractivity contribution in [2.24, 2.45) is 0 Å². The Bertz CT molecular complexity index is 949. The summed E-state index contributed by atoms with van der Waals surface area (Å²) in [5.74, 6) is 0.383. The Morgan fingerprint density at radius 1 is 1.17 bits per heavy atom. The molecule has 154 valence electrons. The molecule has 2 N–H and O–H groups in total. The van der Waals surface area contributed by atoms with Gasteiger partial charge in [-0.15, -0.1) is 0 Å². The molecule has 29 heavy (non-hydrogen) atoms. The van der Waals surface area contributed by atoms with Crippen molar-refractivity contribution in [1.82, 2.24) is 5.32 Å². The lowest BCUT2D eigenvalue weighted by molar-refractivity contribution is -0.137. The number of halogens is 4. The number of nitrogens with one attached hydrogen (secondary N) is 2. The molecule has 2 aromatic carbocycles. The molecule has 0 aromatic heterocycles. The van der Waals surface area contributed by atoms with Gasteiger partial charge in [-0.05, 0) is 48.9 Å². The highest BCUT2D eigenvalue weighted by Crippen LogP contribution is 2.48. The SMILES string of the molecule is FC(F)(F)c1cc(Nc2cc3c4c(c2)[C@@H]2CNCC[C@@H]2N4CCOC3)ccc1Cl. The zero-order valence-corrected chi connectivity index (χ0v) is 16.4. The molecule has 0 spiro atoms. The molecule has 2 atom stereocenters. The van der Waals surface area contributed by atoms with Gasteiger partial charge in [0, 0.05) is 47.7 Å². The maximum atomic E-state index is 13.2. The number of anilines is 3. The van der Waals surface area contributed by atoms with Crippen molar-refractivity contribution in [1.29, 1.82) is 0 Å². The summed E-state index contributed by atoms with van der Waals surface area (Å²) in [6.07, 6.45) is -3.42. The number of alkyl halides is 3. The molecule has 4 nitrogen and oxygen atoms in total. The summed E-state index contributed by atoms with van der Waals surface area (Å²) in [5.41, 5.74) is 3.87. The van der Waals surface area contributed by atoms with E-state index in [2.05, 4.69) is 21.6 Å². The molecule has 1 saturated heterocycles. The number of benzene rings is 2. The highest BCUT2D eigenvalue weighted by molar-refractivity contribution is 6.31. The summed E-state index contributed by atoms with van der Waals surface area (Å²) in [6.45, 7) is 3.98. The topological polar surface area (TPSA) is 36.5 Å². The molecule has 3 aliphatic heterocycles. The van der Waals surface area contributed by atoms with Gasteiger partial charge in [0.25, 0.3) is 0 Å². The monoisotopic (exact) mass is 423 g/mol. The maximum Gasteiger partial charge on any atom is 0.417 e. The van der Waals surface area contributed by atoms with E-state index in [0.717, 1.165) is 43.4 Å². The predicted molar refractivity (Wildman–Crippen MR) is 107 cm³/mol. The lowest BCUT2D eigenvalue weighted by atomic mass is 9.89. The van der Waals surface area contributed by atoms with Gasteiger partial charge in [0.15, 0.2) is 0 Å². The van der Waals surface area contributed by atoms with E-state index >= 15 is 0 Å². The summed E-state index contributed by atoms with van der Waals surface area (Å²) in [4.78, 5) is 2.47. The Morgan fingerprint density at radius 3 is 2.86 bits per heavy atom. The number of hydrogen-bond donors (Lipinski definition) is 2. The molecule has 0 amide bonds.